The van der Waals surface area contributed by atoms with E-state index in [-0.39, 0.29) is 0 Å². The SMILES string of the molecule is CCCCCCCCCCCCCCCCOc1ccc(/C=C/c2cc(OCC3CC4CC3C3CCCC43)c(/C=C/c3ccc(OCCCCCCCCCCCCCCCC)cc3)cc2OCC2CC3CC2C2CCCC32)cc1. The van der Waals surface area contributed by atoms with E-state index < -0.39 is 0 Å². The van der Waals surface area contributed by atoms with Crippen molar-refractivity contribution in [3.05, 3.63) is 82.9 Å². The van der Waals surface area contributed by atoms with Crippen LogP contribution < -0.4 is 18.9 Å². The van der Waals surface area contributed by atoms with Gasteiger partial charge in [0, 0.05) is 11.1 Å². The van der Waals surface area contributed by atoms with Crippen LogP contribution in [0.5, 0.6) is 23.0 Å². The van der Waals surface area contributed by atoms with Crippen LogP contribution in [-0.2, 0) is 0 Å². The molecule has 4 nitrogen and oxygen atoms in total. The normalized spacial score (nSPS) is 25.4. The van der Waals surface area contributed by atoms with Crippen LogP contribution in [0.2, 0.25) is 0 Å². The lowest BCUT2D eigenvalue weighted by molar-refractivity contribution is 0.130. The van der Waals surface area contributed by atoms with Crippen molar-refractivity contribution in [1.29, 1.82) is 0 Å². The molecule has 6 aliphatic carbocycles. The summed E-state index contributed by atoms with van der Waals surface area (Å²) in [5.74, 6) is 12.6. The van der Waals surface area contributed by atoms with Crippen molar-refractivity contribution in [2.24, 2.45) is 59.2 Å². The van der Waals surface area contributed by atoms with Crippen molar-refractivity contribution in [2.45, 2.75) is 258 Å². The predicted molar refractivity (Wildman–Crippen MR) is 341 cm³/mol. The molecule has 6 aliphatic rings. The van der Waals surface area contributed by atoms with E-state index in [2.05, 4.69) is 98.8 Å². The maximum absolute atomic E-state index is 7.11. The van der Waals surface area contributed by atoms with Gasteiger partial charge in [0.15, 0.2) is 0 Å². The molecule has 0 spiro atoms. The van der Waals surface area contributed by atoms with Gasteiger partial charge in [-0.15, -0.1) is 0 Å². The Hall–Kier alpha value is -3.66. The molecule has 442 valence electrons. The quantitative estimate of drug-likeness (QED) is 0.0418. The zero-order chi connectivity index (χ0) is 54.8. The van der Waals surface area contributed by atoms with Gasteiger partial charge in [-0.3, -0.25) is 0 Å². The van der Waals surface area contributed by atoms with Gasteiger partial charge >= 0.3 is 0 Å². The highest BCUT2D eigenvalue weighted by Gasteiger charge is 2.55. The smallest absolute Gasteiger partial charge is 0.127 e. The fourth-order valence-electron chi connectivity index (χ4n) is 17.0. The number of hydrogen-bond acceptors (Lipinski definition) is 4. The minimum absolute atomic E-state index is 0.662. The maximum Gasteiger partial charge on any atom is 0.127 e. The fraction of sp³-hybridized carbons (Fsp3) is 0.711. The highest BCUT2D eigenvalue weighted by molar-refractivity contribution is 5.79. The van der Waals surface area contributed by atoms with Gasteiger partial charge in [0.25, 0.3) is 0 Å². The minimum Gasteiger partial charge on any atom is -0.494 e. The molecule has 0 amide bonds. The van der Waals surface area contributed by atoms with E-state index in [0.717, 1.165) is 121 Å². The number of rotatable bonds is 42. The van der Waals surface area contributed by atoms with E-state index in [9.17, 15) is 0 Å². The second kappa shape index (κ2) is 34.2. The Kier molecular flexibility index (Phi) is 26.0. The van der Waals surface area contributed by atoms with E-state index in [1.807, 2.05) is 0 Å². The van der Waals surface area contributed by atoms with E-state index in [0.29, 0.717) is 11.8 Å². The third-order valence-corrected chi connectivity index (χ3v) is 21.4. The van der Waals surface area contributed by atoms with Gasteiger partial charge in [0.05, 0.1) is 26.4 Å². The molecule has 10 unspecified atom stereocenters. The maximum atomic E-state index is 7.11. The average molecular weight is 1090 g/mol. The summed E-state index contributed by atoms with van der Waals surface area (Å²) in [6.07, 6.45) is 61.9. The number of benzene rings is 3. The van der Waals surface area contributed by atoms with Crippen molar-refractivity contribution in [1.82, 2.24) is 0 Å². The topological polar surface area (TPSA) is 36.9 Å². The Morgan fingerprint density at radius 3 is 1.01 bits per heavy atom. The number of unbranched alkanes of at least 4 members (excludes halogenated alkanes) is 26. The molecular formula is C76H114O4. The van der Waals surface area contributed by atoms with Gasteiger partial charge < -0.3 is 18.9 Å². The highest BCUT2D eigenvalue weighted by Crippen LogP contribution is 2.62. The highest BCUT2D eigenvalue weighted by atomic mass is 16.5. The van der Waals surface area contributed by atoms with Crippen molar-refractivity contribution >= 4 is 24.3 Å². The van der Waals surface area contributed by atoms with Gasteiger partial charge in [-0.25, -0.2) is 0 Å². The zero-order valence-corrected chi connectivity index (χ0v) is 51.2. The molecule has 0 aromatic heterocycles. The first-order valence-electron chi connectivity index (χ1n) is 34.9. The van der Waals surface area contributed by atoms with Crippen LogP contribution in [-0.4, -0.2) is 26.4 Å². The van der Waals surface area contributed by atoms with Crippen molar-refractivity contribution < 1.29 is 18.9 Å². The summed E-state index contributed by atoms with van der Waals surface area (Å²) < 4.78 is 26.7. The first kappa shape index (κ1) is 60.9. The third-order valence-electron chi connectivity index (χ3n) is 21.4. The number of hydrogen-bond donors (Lipinski definition) is 0. The second-order valence-corrected chi connectivity index (χ2v) is 27.1. The van der Waals surface area contributed by atoms with Gasteiger partial charge in [-0.1, -0.05) is 242 Å². The van der Waals surface area contributed by atoms with E-state index in [1.54, 1.807) is 0 Å². The predicted octanol–water partition coefficient (Wildman–Crippen LogP) is 22.6. The van der Waals surface area contributed by atoms with E-state index in [1.165, 1.54) is 242 Å². The molecule has 0 saturated heterocycles. The summed E-state index contributed by atoms with van der Waals surface area (Å²) in [6.45, 7) is 7.83. The molecule has 0 N–H and O–H groups in total. The second-order valence-electron chi connectivity index (χ2n) is 27.1. The molecule has 0 aliphatic heterocycles. The first-order chi connectivity index (χ1) is 39.6. The lowest BCUT2D eigenvalue weighted by Crippen LogP contribution is -2.28. The summed E-state index contributed by atoms with van der Waals surface area (Å²) in [5.41, 5.74) is 4.57. The summed E-state index contributed by atoms with van der Waals surface area (Å²) in [5, 5.41) is 0. The largest absolute Gasteiger partial charge is 0.494 e. The molecule has 9 rings (SSSR count). The summed E-state index contributed by atoms with van der Waals surface area (Å²) in [6, 6.07) is 22.1. The van der Waals surface area contributed by atoms with Crippen LogP contribution in [0.15, 0.2) is 60.7 Å². The summed E-state index contributed by atoms with van der Waals surface area (Å²) in [4.78, 5) is 0. The van der Waals surface area contributed by atoms with Crippen molar-refractivity contribution in [3.63, 3.8) is 0 Å². The summed E-state index contributed by atoms with van der Waals surface area (Å²) in [7, 11) is 0. The monoisotopic (exact) mass is 1090 g/mol. The van der Waals surface area contributed by atoms with Crippen LogP contribution >= 0.6 is 0 Å². The molecule has 0 heterocycles. The molecule has 4 heteroatoms. The molecule has 4 bridgehead atoms. The Morgan fingerprint density at radius 2 is 0.662 bits per heavy atom. The number of fused-ring (bicyclic) bond motifs is 10. The van der Waals surface area contributed by atoms with Crippen molar-refractivity contribution in [3.8, 4) is 23.0 Å². The van der Waals surface area contributed by atoms with E-state index >= 15 is 0 Å². The van der Waals surface area contributed by atoms with Crippen LogP contribution in [0.1, 0.15) is 280 Å². The van der Waals surface area contributed by atoms with Gasteiger partial charge in [-0.2, -0.15) is 0 Å². The Morgan fingerprint density at radius 1 is 0.338 bits per heavy atom. The molecule has 6 fully saturated rings. The lowest BCUT2D eigenvalue weighted by Gasteiger charge is -2.32. The lowest BCUT2D eigenvalue weighted by atomic mass is 9.76. The number of ether oxygens (including phenoxy) is 4. The van der Waals surface area contributed by atoms with Gasteiger partial charge in [0.1, 0.15) is 23.0 Å². The Balaban J connectivity index is 0.790. The van der Waals surface area contributed by atoms with E-state index in [4.69, 9.17) is 18.9 Å². The molecular weight excluding hydrogens is 977 g/mol. The molecule has 80 heavy (non-hydrogen) atoms. The van der Waals surface area contributed by atoms with Crippen LogP contribution in [0, 0.1) is 59.2 Å². The summed E-state index contributed by atoms with van der Waals surface area (Å²) >= 11 is 0. The Labute approximate surface area is 490 Å². The third kappa shape index (κ3) is 18.7. The minimum atomic E-state index is 0.662. The van der Waals surface area contributed by atoms with Crippen molar-refractivity contribution in [2.75, 3.05) is 26.4 Å². The molecule has 10 atom stereocenters. The van der Waals surface area contributed by atoms with Crippen LogP contribution in [0.25, 0.3) is 24.3 Å². The zero-order valence-electron chi connectivity index (χ0n) is 51.2. The molecule has 0 radical (unpaired) electrons. The fourth-order valence-corrected chi connectivity index (χ4v) is 17.0. The standard InChI is InChI=1S/C76H114O4/c1-3-5-7-9-11-13-15-17-19-21-23-25-27-29-49-77-67-45-39-59(40-46-67)37-43-61-55-76(80-58-66-52-64-54-74(66)72-36-32-34-70(64)72)62(56-75(61)79-57-65-51-63-53-73(65)71-35-31-33-69(63)71)44-38-60-41-47-68(48-42-60)78-50-30-28-26-24-22-20-18-16-14-12-10-8-6-4-2/h37-48,55-56,63-66,69-74H,3-36,49-54,57-58H2,1-2H3/b43-37+,44-38+. The molecule has 6 saturated carbocycles. The van der Waals surface area contributed by atoms with Crippen LogP contribution in [0.3, 0.4) is 0 Å². The van der Waals surface area contributed by atoms with Gasteiger partial charge in [-0.05, 0) is 171 Å². The molecule has 3 aromatic carbocycles. The van der Waals surface area contributed by atoms with Gasteiger partial charge in [0.2, 0.25) is 0 Å². The van der Waals surface area contributed by atoms with Crippen LogP contribution in [0.4, 0.5) is 0 Å². The molecule has 3 aromatic rings. The first-order valence-corrected chi connectivity index (χ1v) is 34.9. The average Bonchev–Trinajstić information content (AvgIpc) is 4.41. The Bertz CT molecular complexity index is 2070.